The van der Waals surface area contributed by atoms with E-state index >= 15 is 0 Å². The van der Waals surface area contributed by atoms with E-state index in [1.54, 1.807) is 18.2 Å². The predicted molar refractivity (Wildman–Crippen MR) is 76.0 cm³/mol. The van der Waals surface area contributed by atoms with Crippen LogP contribution < -0.4 is 4.98 Å². The zero-order chi connectivity index (χ0) is 13.6. The third kappa shape index (κ3) is 2.12. The van der Waals surface area contributed by atoms with Crippen molar-refractivity contribution in [3.8, 4) is 11.4 Å². The van der Waals surface area contributed by atoms with Crippen molar-refractivity contribution in [2.24, 2.45) is 0 Å². The van der Waals surface area contributed by atoms with Gasteiger partial charge in [-0.3, -0.25) is 0 Å². The van der Waals surface area contributed by atoms with E-state index in [2.05, 4.69) is 30.9 Å². The fourth-order valence-electron chi connectivity index (χ4n) is 1.71. The highest BCUT2D eigenvalue weighted by Gasteiger charge is 2.09. The van der Waals surface area contributed by atoms with Gasteiger partial charge in [-0.15, -0.1) is 0 Å². The van der Waals surface area contributed by atoms with Crippen LogP contribution in [0, 0.1) is 5.82 Å². The fraction of sp³-hybridized carbons (Fsp3) is 0. The molecule has 0 saturated carbocycles. The largest absolute Gasteiger partial charge is 0.433 e. The number of hydrogen-bond donors (Lipinski definition) is 0. The zero-order valence-electron chi connectivity index (χ0n) is 9.16. The van der Waals surface area contributed by atoms with Crippen LogP contribution in [0.1, 0.15) is 0 Å². The van der Waals surface area contributed by atoms with E-state index in [0.717, 1.165) is 6.20 Å². The van der Waals surface area contributed by atoms with Crippen LogP contribution in [0.2, 0.25) is 10.0 Å². The molecule has 0 unspecified atom stereocenters. The van der Waals surface area contributed by atoms with Crippen molar-refractivity contribution in [2.75, 3.05) is 0 Å². The topological polar surface area (TPSA) is 39.9 Å². The first-order chi connectivity index (χ1) is 9.08. The van der Waals surface area contributed by atoms with Gasteiger partial charge in [-0.05, 0) is 39.4 Å². The molecule has 19 heavy (non-hydrogen) atoms. The molecular formula is C12H4BrCl2FN3-. The molecule has 0 aliphatic carbocycles. The zero-order valence-corrected chi connectivity index (χ0v) is 12.3. The molecule has 2 aromatic heterocycles. The lowest BCUT2D eigenvalue weighted by atomic mass is 10.2. The Morgan fingerprint density at radius 3 is 2.53 bits per heavy atom. The highest BCUT2D eigenvalue weighted by Crippen LogP contribution is 2.34. The number of halogens is 4. The molecular weight excluding hydrogens is 356 g/mol. The quantitative estimate of drug-likeness (QED) is 0.602. The van der Waals surface area contributed by atoms with Gasteiger partial charge in [0, 0.05) is 21.1 Å². The molecule has 0 bridgehead atoms. The summed E-state index contributed by atoms with van der Waals surface area (Å²) in [6.45, 7) is 0. The maximum absolute atomic E-state index is 13.6. The van der Waals surface area contributed by atoms with Crippen molar-refractivity contribution in [1.29, 1.82) is 0 Å². The van der Waals surface area contributed by atoms with Crippen LogP contribution in [-0.2, 0) is 0 Å². The third-order valence-electron chi connectivity index (χ3n) is 2.56. The molecule has 3 nitrogen and oxygen atoms in total. The van der Waals surface area contributed by atoms with E-state index in [1.807, 2.05) is 0 Å². The van der Waals surface area contributed by atoms with Crippen molar-refractivity contribution in [3.05, 3.63) is 44.9 Å². The number of pyridine rings is 1. The van der Waals surface area contributed by atoms with Crippen molar-refractivity contribution in [3.63, 3.8) is 0 Å². The molecule has 0 saturated heterocycles. The van der Waals surface area contributed by atoms with Gasteiger partial charge in [0.05, 0.1) is 6.20 Å². The van der Waals surface area contributed by atoms with Crippen LogP contribution in [0.15, 0.2) is 29.0 Å². The molecule has 3 rings (SSSR count). The Morgan fingerprint density at radius 2 is 1.89 bits per heavy atom. The predicted octanol–water partition coefficient (Wildman–Crippen LogP) is 4.46. The van der Waals surface area contributed by atoms with Crippen molar-refractivity contribution >= 4 is 50.2 Å². The summed E-state index contributed by atoms with van der Waals surface area (Å²) in [5, 5.41) is 0.819. The van der Waals surface area contributed by atoms with Crippen LogP contribution in [-0.4, -0.2) is 9.97 Å². The Balaban J connectivity index is 2.33. The molecule has 7 heteroatoms. The second-order valence-electron chi connectivity index (χ2n) is 3.74. The van der Waals surface area contributed by atoms with Gasteiger partial charge in [-0.2, -0.15) is 0 Å². The Labute approximate surface area is 125 Å². The minimum Gasteiger partial charge on any atom is -0.433 e. The van der Waals surface area contributed by atoms with E-state index in [9.17, 15) is 4.39 Å². The van der Waals surface area contributed by atoms with Gasteiger partial charge in [0.1, 0.15) is 10.4 Å². The van der Waals surface area contributed by atoms with Crippen LogP contribution in [0.3, 0.4) is 0 Å². The molecule has 2 heterocycles. The third-order valence-corrected chi connectivity index (χ3v) is 3.77. The first kappa shape index (κ1) is 12.8. The highest BCUT2D eigenvalue weighted by atomic mass is 79.9. The number of aromatic nitrogens is 3. The van der Waals surface area contributed by atoms with Gasteiger partial charge in [0.15, 0.2) is 0 Å². The average Bonchev–Trinajstić information content (AvgIpc) is 2.80. The van der Waals surface area contributed by atoms with Crippen molar-refractivity contribution in [1.82, 2.24) is 15.0 Å². The summed E-state index contributed by atoms with van der Waals surface area (Å²) >= 11 is 15.4. The molecule has 1 aromatic carbocycles. The van der Waals surface area contributed by atoms with Gasteiger partial charge in [-0.25, -0.2) is 9.37 Å². The van der Waals surface area contributed by atoms with Gasteiger partial charge >= 0.3 is 0 Å². The van der Waals surface area contributed by atoms with E-state index in [-0.39, 0.29) is 11.3 Å². The SMILES string of the molecule is Fc1cnc(Br)c2nc(-c3c(Cl)cccc3Cl)[n-]c12. The van der Waals surface area contributed by atoms with Crippen LogP contribution >= 0.6 is 39.1 Å². The molecule has 3 aromatic rings. The molecule has 96 valence electrons. The lowest BCUT2D eigenvalue weighted by Crippen LogP contribution is -1.86. The summed E-state index contributed by atoms with van der Waals surface area (Å²) in [4.78, 5) is 12.2. The van der Waals surface area contributed by atoms with Crippen LogP contribution in [0.25, 0.3) is 22.4 Å². The minimum absolute atomic E-state index is 0.132. The maximum Gasteiger partial charge on any atom is 0.145 e. The Morgan fingerprint density at radius 1 is 1.21 bits per heavy atom. The summed E-state index contributed by atoms with van der Waals surface area (Å²) in [6, 6.07) is 5.07. The van der Waals surface area contributed by atoms with Crippen LogP contribution in [0.5, 0.6) is 0 Å². The highest BCUT2D eigenvalue weighted by molar-refractivity contribution is 9.10. The number of fused-ring (bicyclic) bond motifs is 1. The van der Waals surface area contributed by atoms with E-state index < -0.39 is 5.82 Å². The monoisotopic (exact) mass is 358 g/mol. The molecule has 0 spiro atoms. The van der Waals surface area contributed by atoms with Gasteiger partial charge in [0.2, 0.25) is 0 Å². The van der Waals surface area contributed by atoms with Crippen molar-refractivity contribution < 1.29 is 4.39 Å². The Hall–Kier alpha value is -1.17. The Kier molecular flexibility index (Phi) is 3.20. The van der Waals surface area contributed by atoms with Gasteiger partial charge in [-0.1, -0.05) is 29.3 Å². The number of rotatable bonds is 1. The maximum atomic E-state index is 13.6. The molecule has 0 aliphatic heterocycles. The van der Waals surface area contributed by atoms with Gasteiger partial charge in [0.25, 0.3) is 0 Å². The minimum atomic E-state index is -0.542. The molecule has 0 fully saturated rings. The summed E-state index contributed by atoms with van der Waals surface area (Å²) in [6.07, 6.45) is 1.08. The molecule has 0 N–H and O–H groups in total. The Bertz CT molecular complexity index is 729. The first-order valence-electron chi connectivity index (χ1n) is 5.16. The summed E-state index contributed by atoms with van der Waals surface area (Å²) < 4.78 is 14.1. The smallest absolute Gasteiger partial charge is 0.145 e. The first-order valence-corrected chi connectivity index (χ1v) is 6.71. The molecule has 0 atom stereocenters. The van der Waals surface area contributed by atoms with Crippen LogP contribution in [0.4, 0.5) is 4.39 Å². The second-order valence-corrected chi connectivity index (χ2v) is 5.30. The standard InChI is InChI=1S/C12H4BrCl2FN3/c13-11-10-9(7(16)4-17-11)18-12(19-10)8-5(14)2-1-3-6(8)15/h1-4H/q-1. The lowest BCUT2D eigenvalue weighted by molar-refractivity contribution is 0.630. The normalized spacial score (nSPS) is 11.2. The second kappa shape index (κ2) is 4.74. The number of nitrogens with zero attached hydrogens (tertiary/aromatic N) is 3. The molecule has 0 aliphatic rings. The molecule has 0 amide bonds. The summed E-state index contributed by atoms with van der Waals surface area (Å²) in [5.41, 5.74) is 0.951. The number of hydrogen-bond acceptors (Lipinski definition) is 2. The number of benzene rings is 1. The summed E-state index contributed by atoms with van der Waals surface area (Å²) in [5.74, 6) is -0.265. The number of imidazole rings is 1. The fourth-order valence-corrected chi connectivity index (χ4v) is 2.66. The molecule has 0 radical (unpaired) electrons. The lowest BCUT2D eigenvalue weighted by Gasteiger charge is -2.08. The van der Waals surface area contributed by atoms with E-state index in [0.29, 0.717) is 25.7 Å². The van der Waals surface area contributed by atoms with E-state index in [4.69, 9.17) is 23.2 Å². The average molecular weight is 360 g/mol. The van der Waals surface area contributed by atoms with E-state index in [1.165, 1.54) is 0 Å². The summed E-state index contributed by atoms with van der Waals surface area (Å²) in [7, 11) is 0. The van der Waals surface area contributed by atoms with Gasteiger partial charge < -0.3 is 9.97 Å². The van der Waals surface area contributed by atoms with Crippen molar-refractivity contribution in [2.45, 2.75) is 0 Å².